The van der Waals surface area contributed by atoms with Crippen LogP contribution in [0.5, 0.6) is 17.2 Å². The van der Waals surface area contributed by atoms with Crippen LogP contribution in [0.3, 0.4) is 0 Å². The van der Waals surface area contributed by atoms with Crippen molar-refractivity contribution in [2.24, 2.45) is 5.14 Å². The van der Waals surface area contributed by atoms with Crippen LogP contribution in [-0.4, -0.2) is 79.9 Å². The summed E-state index contributed by atoms with van der Waals surface area (Å²) in [5.74, 6) is 1.52. The molecule has 7 N–H and O–H groups in total. The molecule has 23 heteroatoms. The molecule has 0 bridgehead atoms. The lowest BCUT2D eigenvalue weighted by Gasteiger charge is -2.26. The molecule has 91 heavy (non-hydrogen) atoms. The predicted octanol–water partition coefficient (Wildman–Crippen LogP) is 11.7. The number of ether oxygens (including phenoxy) is 3. The maximum absolute atomic E-state index is 12.9. The number of benzene rings is 3. The van der Waals surface area contributed by atoms with Crippen molar-refractivity contribution in [2.75, 3.05) is 5.73 Å². The van der Waals surface area contributed by atoms with Gasteiger partial charge in [-0.15, -0.1) is 0 Å². The number of rotatable bonds is 17. The van der Waals surface area contributed by atoms with Gasteiger partial charge in [0.25, 0.3) is 41.9 Å². The van der Waals surface area contributed by atoms with Crippen molar-refractivity contribution < 1.29 is 59.0 Å². The number of primary sulfonamides is 1. The van der Waals surface area contributed by atoms with E-state index in [2.05, 4.69) is 60.8 Å². The Bertz CT molecular complexity index is 3790. The normalized spacial score (nSPS) is 18.4. The highest BCUT2D eigenvalue weighted by Gasteiger charge is 2.56. The van der Waals surface area contributed by atoms with Gasteiger partial charge in [-0.3, -0.25) is 9.59 Å². The number of aryl methyl sites for hydroxylation is 5. The van der Waals surface area contributed by atoms with E-state index >= 15 is 0 Å². The van der Waals surface area contributed by atoms with E-state index in [-0.39, 0.29) is 20.9 Å². The number of nitrogens with zero attached hydrogens (tertiary/aromatic N) is 3. The van der Waals surface area contributed by atoms with Crippen molar-refractivity contribution >= 4 is 53.7 Å². The van der Waals surface area contributed by atoms with Crippen molar-refractivity contribution in [3.8, 4) is 17.2 Å². The van der Waals surface area contributed by atoms with Crippen LogP contribution < -0.4 is 34.5 Å². The molecular formula is C68H85N7O13S3. The Morgan fingerprint density at radius 2 is 0.769 bits per heavy atom. The Morgan fingerprint density at radius 1 is 0.451 bits per heavy atom. The molecule has 0 atom stereocenters. The van der Waals surface area contributed by atoms with E-state index in [1.165, 1.54) is 107 Å². The van der Waals surface area contributed by atoms with Crippen molar-refractivity contribution in [1.29, 1.82) is 0 Å². The van der Waals surface area contributed by atoms with E-state index in [4.69, 9.17) is 25.1 Å². The number of aromatic nitrogens is 3. The van der Waals surface area contributed by atoms with Gasteiger partial charge >= 0.3 is 5.97 Å². The molecule has 0 unspecified atom stereocenters. The van der Waals surface area contributed by atoms with Crippen LogP contribution in [0.4, 0.5) is 5.82 Å². The average Bonchev–Trinajstić information content (AvgIpc) is 1.75. The topological polar surface area (TPSA) is 316 Å². The average molecular weight is 1300 g/mol. The Kier molecular flexibility index (Phi) is 21.3. The number of nitrogen functional groups attached to an aromatic ring is 1. The first kappa shape index (κ1) is 67.9. The number of anilines is 1. The molecule has 0 saturated heterocycles. The van der Waals surface area contributed by atoms with Crippen molar-refractivity contribution in [3.05, 3.63) is 154 Å². The van der Waals surface area contributed by atoms with Gasteiger partial charge in [0.15, 0.2) is 26.3 Å². The second-order valence-corrected chi connectivity index (χ2v) is 30.0. The highest BCUT2D eigenvalue weighted by molar-refractivity contribution is 7.90. The Morgan fingerprint density at radius 3 is 1.08 bits per heavy atom. The number of nitrogens with one attached hydrogen (secondary N) is 2. The zero-order valence-corrected chi connectivity index (χ0v) is 55.0. The van der Waals surface area contributed by atoms with Crippen LogP contribution in [0.1, 0.15) is 197 Å². The fourth-order valence-corrected chi connectivity index (χ4v) is 14.6. The molecule has 2 amide bonds. The van der Waals surface area contributed by atoms with E-state index in [0.717, 1.165) is 59.3 Å². The minimum atomic E-state index is -4.13. The number of carboxylic acids is 1. The highest BCUT2D eigenvalue weighted by atomic mass is 32.2. The van der Waals surface area contributed by atoms with Crippen LogP contribution in [0.15, 0.2) is 124 Å². The van der Waals surface area contributed by atoms with E-state index in [1.54, 1.807) is 38.1 Å². The van der Waals surface area contributed by atoms with Crippen LogP contribution >= 0.6 is 0 Å². The molecule has 6 saturated carbocycles. The first-order valence-electron chi connectivity index (χ1n) is 31.6. The molecule has 20 nitrogen and oxygen atoms in total. The Hall–Kier alpha value is -7.47. The lowest BCUT2D eigenvalue weighted by atomic mass is 9.83. The maximum Gasteiger partial charge on any atom is 0.348 e. The molecule has 3 aromatic carbocycles. The van der Waals surface area contributed by atoms with Gasteiger partial charge in [0.1, 0.15) is 23.1 Å². The van der Waals surface area contributed by atoms with E-state index in [0.29, 0.717) is 79.2 Å². The van der Waals surface area contributed by atoms with E-state index < -0.39 is 64.7 Å². The zero-order valence-electron chi connectivity index (χ0n) is 52.5. The molecule has 0 radical (unpaired) electrons. The summed E-state index contributed by atoms with van der Waals surface area (Å²) in [6.07, 6.45) is 21.1. The lowest BCUT2D eigenvalue weighted by Crippen LogP contribution is -2.43. The molecule has 3 heterocycles. The highest BCUT2D eigenvalue weighted by Crippen LogP contribution is 2.48. The number of hydrogen-bond donors (Lipinski definition) is 5. The maximum atomic E-state index is 12.9. The molecule has 6 aliphatic carbocycles. The van der Waals surface area contributed by atoms with Crippen LogP contribution in [0.25, 0.3) is 0 Å². The van der Waals surface area contributed by atoms with Gasteiger partial charge < -0.3 is 25.1 Å². The summed E-state index contributed by atoms with van der Waals surface area (Å²) in [6, 6.07) is 32.1. The molecule has 0 aliphatic heterocycles. The number of nitrogens with two attached hydrogens (primary N) is 2. The monoisotopic (exact) mass is 1300 g/mol. The number of sulfonamides is 3. The number of pyridine rings is 3. The van der Waals surface area contributed by atoms with E-state index in [1.807, 2.05) is 39.0 Å². The number of carbonyl (C=O) groups excluding carboxylic acids is 2. The smallest absolute Gasteiger partial charge is 0.348 e. The quantitative estimate of drug-likeness (QED) is 0.0566. The van der Waals surface area contributed by atoms with Gasteiger partial charge in [0.05, 0.1) is 0 Å². The summed E-state index contributed by atoms with van der Waals surface area (Å²) in [6.45, 7) is 9.40. The van der Waals surface area contributed by atoms with Gasteiger partial charge in [0, 0.05) is 49.9 Å². The molecular weight excluding hydrogens is 1220 g/mol. The number of carboxylic acid groups (broad SMARTS) is 1. The van der Waals surface area contributed by atoms with Gasteiger partial charge in [-0.2, -0.15) is 16.8 Å². The van der Waals surface area contributed by atoms with Crippen LogP contribution in [-0.2, 0) is 44.5 Å². The van der Waals surface area contributed by atoms with Crippen LogP contribution in [0, 0.1) is 34.6 Å². The van der Waals surface area contributed by atoms with Gasteiger partial charge in [0.2, 0.25) is 5.60 Å². The first-order valence-corrected chi connectivity index (χ1v) is 36.1. The fraction of sp³-hybridized carbons (Fsp3) is 0.471. The molecule has 6 aliphatic rings. The third-order valence-corrected chi connectivity index (χ3v) is 20.9. The molecule has 488 valence electrons. The molecule has 12 rings (SSSR count). The van der Waals surface area contributed by atoms with Crippen molar-refractivity contribution in [1.82, 2.24) is 24.4 Å². The minimum Gasteiger partial charge on any atom is -0.478 e. The predicted molar refractivity (Wildman–Crippen MR) is 345 cm³/mol. The van der Waals surface area contributed by atoms with Crippen LogP contribution in [0.2, 0.25) is 0 Å². The summed E-state index contributed by atoms with van der Waals surface area (Å²) >= 11 is 0. The molecule has 6 fully saturated rings. The second kappa shape index (κ2) is 28.6. The summed E-state index contributed by atoms with van der Waals surface area (Å²) < 4.78 is 94.6. The summed E-state index contributed by atoms with van der Waals surface area (Å²) in [5, 5.41) is 13.6. The third-order valence-electron chi connectivity index (χ3n) is 17.7. The van der Waals surface area contributed by atoms with Crippen molar-refractivity contribution in [3.63, 3.8) is 0 Å². The number of carbonyl (C=O) groups is 3. The summed E-state index contributed by atoms with van der Waals surface area (Å²) in [5.41, 5.74) is 10.2. The van der Waals surface area contributed by atoms with Gasteiger partial charge in [-0.25, -0.2) is 42.7 Å². The fourth-order valence-electron chi connectivity index (χ4n) is 12.0. The van der Waals surface area contributed by atoms with Crippen molar-refractivity contribution in [2.45, 2.75) is 219 Å². The number of aliphatic carboxylic acids is 1. The molecule has 6 aromatic rings. The largest absolute Gasteiger partial charge is 0.478 e. The Labute approximate surface area is 535 Å². The third kappa shape index (κ3) is 17.8. The summed E-state index contributed by atoms with van der Waals surface area (Å²) in [4.78, 5) is 48.7. The van der Waals surface area contributed by atoms with Gasteiger partial charge in [-0.1, -0.05) is 112 Å². The lowest BCUT2D eigenvalue weighted by molar-refractivity contribution is -0.147. The standard InChI is InChI=1S/C23H28N2O4S.C22H27N3O4S.C17H22O3.C6H8N2O2S/c1-16-11-12-19(18-8-4-3-5-9-18)20(15-16)29-23(13-14-23)22(26)25-30(27,28)21-10-6-7-17(2)24-21;1-15-10-11-17(16-6-3-2-4-7-16)18(14-15)29-22(12-13-22)21(26)25-30(27,28)20-9-5-8-19(23)24-20;1-12-7-8-14(13-5-3-2-4-6-13)15(11-12)20-17(9-10-17)16(18)19;1-5-3-2-4-6(8-5)11(7,9)10/h6-7,10-12,15,18H,3-5,8-9,13-14H2,1-2H3,(H,25,26);5,8-11,14,16H,2-4,6-7,12-13H2,1H3,(H2,23,24)(H,25,26);7-8,11,13H,2-6,9-10H2,1H3,(H,18,19);2-4H,1H3,(H2,7,9,10). The number of amides is 2. The SMILES string of the molecule is Cc1ccc(C2CCCCC2)c(OC2(C(=O)NS(=O)(=O)c3cccc(C)n3)CC2)c1.Cc1ccc(C2CCCCC2)c(OC2(C(=O)NS(=O)(=O)c3cccc(N)n3)CC2)c1.Cc1ccc(C2CCCCC2)c(OC2(C(=O)O)CC2)c1.Cc1cccc(S(N)(=O)=O)n1. The Balaban J connectivity index is 0.000000151. The van der Waals surface area contributed by atoms with E-state index in [9.17, 15) is 44.7 Å². The first-order chi connectivity index (χ1) is 43.2. The van der Waals surface area contributed by atoms with Gasteiger partial charge in [-0.05, 0) is 179 Å². The number of hydrogen-bond acceptors (Lipinski definition) is 16. The minimum absolute atomic E-state index is 0.0691. The second-order valence-electron chi connectivity index (χ2n) is 25.3. The molecule has 3 aromatic heterocycles. The molecule has 0 spiro atoms. The zero-order chi connectivity index (χ0) is 65.4. The summed E-state index contributed by atoms with van der Waals surface area (Å²) in [7, 11) is -11.8.